The summed E-state index contributed by atoms with van der Waals surface area (Å²) in [4.78, 5) is 0. The molecule has 1 rings (SSSR count). The van der Waals surface area contributed by atoms with Crippen molar-refractivity contribution < 1.29 is 0 Å². The zero-order valence-electron chi connectivity index (χ0n) is 4.74. The van der Waals surface area contributed by atoms with Crippen LogP contribution in [0.25, 0.3) is 0 Å². The first-order chi connectivity index (χ1) is 4.61. The second-order valence-electron chi connectivity index (χ2n) is 1.72. The minimum atomic E-state index is -0.132. The van der Waals surface area contributed by atoms with E-state index >= 15 is 0 Å². The lowest BCUT2D eigenvalue weighted by Crippen LogP contribution is -1.74. The van der Waals surface area contributed by atoms with E-state index < -0.39 is 0 Å². The van der Waals surface area contributed by atoms with Crippen molar-refractivity contribution in [2.45, 2.75) is 0 Å². The lowest BCUT2D eigenvalue weighted by Gasteiger charge is -1.96. The highest BCUT2D eigenvalue weighted by Gasteiger charge is 2.04. The van der Waals surface area contributed by atoms with Gasteiger partial charge in [-0.2, -0.15) is 0 Å². The Morgan fingerprint density at radius 1 is 1.00 bits per heavy atom. The van der Waals surface area contributed by atoms with Gasteiger partial charge in [0.05, 0.1) is 10.0 Å². The van der Waals surface area contributed by atoms with Crippen molar-refractivity contribution in [3.05, 3.63) is 27.2 Å². The van der Waals surface area contributed by atoms with E-state index in [0.29, 0.717) is 5.02 Å². The lowest BCUT2D eigenvalue weighted by molar-refractivity contribution is 1.48. The number of hydrogen-bond donors (Lipinski definition) is 0. The van der Waals surface area contributed by atoms with E-state index in [1.54, 1.807) is 0 Å². The van der Waals surface area contributed by atoms with Gasteiger partial charge in [0.15, 0.2) is 0 Å². The molecule has 1 aromatic carbocycles. The minimum Gasteiger partial charge on any atom is -0.147 e. The van der Waals surface area contributed by atoms with Gasteiger partial charge in [0.25, 0.3) is 0 Å². The predicted molar refractivity (Wildman–Crippen MR) is 43.3 cm³/mol. The molecule has 52 valence electrons. The second kappa shape index (κ2) is 2.87. The molecule has 0 fully saturated rings. The maximum Gasteiger partial charge on any atom is 0.123 e. The molecule has 0 heterocycles. The van der Waals surface area contributed by atoms with Gasteiger partial charge < -0.3 is 0 Å². The first-order valence-electron chi connectivity index (χ1n) is 2.45. The molecule has 0 aliphatic carbocycles. The molecule has 2 radical (unpaired) electrons. The Morgan fingerprint density at radius 2 is 1.40 bits per heavy atom. The SMILES string of the molecule is [N]c1c(Cl)cc(Cl)cc1Cl. The Morgan fingerprint density at radius 3 is 1.80 bits per heavy atom. The van der Waals surface area contributed by atoms with Crippen LogP contribution in [-0.2, 0) is 0 Å². The first kappa shape index (κ1) is 7.99. The Balaban J connectivity index is 3.31. The van der Waals surface area contributed by atoms with Crippen LogP contribution in [0.2, 0.25) is 15.1 Å². The van der Waals surface area contributed by atoms with Crippen LogP contribution >= 0.6 is 34.8 Å². The zero-order valence-corrected chi connectivity index (χ0v) is 7.00. The number of hydrogen-bond acceptors (Lipinski definition) is 0. The third kappa shape index (κ3) is 1.48. The van der Waals surface area contributed by atoms with Gasteiger partial charge in [-0.15, -0.1) is 5.73 Å². The fraction of sp³-hybridized carbons (Fsp3) is 0. The predicted octanol–water partition coefficient (Wildman–Crippen LogP) is 3.35. The van der Waals surface area contributed by atoms with Crippen LogP contribution in [0.15, 0.2) is 12.1 Å². The average Bonchev–Trinajstić information content (AvgIpc) is 1.82. The number of halogens is 3. The van der Waals surface area contributed by atoms with Crippen LogP contribution in [-0.4, -0.2) is 0 Å². The summed E-state index contributed by atoms with van der Waals surface area (Å²) >= 11 is 16.5. The maximum atomic E-state index is 9.01. The monoisotopic (exact) mass is 193 g/mol. The molecule has 0 N–H and O–H groups in total. The molecule has 4 heteroatoms. The van der Waals surface area contributed by atoms with E-state index in [1.807, 2.05) is 0 Å². The molecule has 0 bridgehead atoms. The normalized spacial score (nSPS) is 9.90. The van der Waals surface area contributed by atoms with Gasteiger partial charge >= 0.3 is 0 Å². The van der Waals surface area contributed by atoms with E-state index in [9.17, 15) is 0 Å². The summed E-state index contributed by atoms with van der Waals surface area (Å²) in [6.07, 6.45) is 0. The second-order valence-corrected chi connectivity index (χ2v) is 2.97. The van der Waals surface area contributed by atoms with Crippen LogP contribution in [0.4, 0.5) is 5.69 Å². The largest absolute Gasteiger partial charge is 0.147 e. The molecule has 0 spiro atoms. The average molecular weight is 194 g/mol. The summed E-state index contributed by atoms with van der Waals surface area (Å²) in [6.45, 7) is 0. The highest BCUT2D eigenvalue weighted by Crippen LogP contribution is 2.31. The standard InChI is InChI=1S/C6H2Cl3N/c7-3-1-4(8)6(10)5(9)2-3/h1-2H. The van der Waals surface area contributed by atoms with Crippen LogP contribution in [0.1, 0.15) is 0 Å². The van der Waals surface area contributed by atoms with E-state index in [2.05, 4.69) is 0 Å². The van der Waals surface area contributed by atoms with Crippen LogP contribution in [0.5, 0.6) is 0 Å². The van der Waals surface area contributed by atoms with E-state index in [1.165, 1.54) is 12.1 Å². The Bertz CT molecular complexity index is 236. The summed E-state index contributed by atoms with van der Waals surface area (Å²) in [7, 11) is 0. The number of benzene rings is 1. The molecule has 0 unspecified atom stereocenters. The molecule has 0 atom stereocenters. The smallest absolute Gasteiger partial charge is 0.123 e. The Labute approximate surface area is 73.7 Å². The van der Waals surface area contributed by atoms with Gasteiger partial charge in [-0.3, -0.25) is 0 Å². The zero-order chi connectivity index (χ0) is 7.72. The molecule has 0 aliphatic rings. The quantitative estimate of drug-likeness (QED) is 0.604. The summed E-state index contributed by atoms with van der Waals surface area (Å²) in [5, 5.41) is 0.739. The molecule has 0 aliphatic heterocycles. The topological polar surface area (TPSA) is 22.3 Å². The van der Waals surface area contributed by atoms with Gasteiger partial charge in [0.1, 0.15) is 5.69 Å². The molecule has 1 aromatic rings. The fourth-order valence-electron chi connectivity index (χ4n) is 0.535. The third-order valence-electron chi connectivity index (χ3n) is 0.982. The Hall–Kier alpha value is -0.110. The van der Waals surface area contributed by atoms with E-state index in [4.69, 9.17) is 40.5 Å². The lowest BCUT2D eigenvalue weighted by atomic mass is 10.3. The van der Waals surface area contributed by atoms with Gasteiger partial charge in [0, 0.05) is 5.02 Å². The van der Waals surface area contributed by atoms with Gasteiger partial charge in [-0.1, -0.05) is 34.8 Å². The van der Waals surface area contributed by atoms with Crippen LogP contribution in [0.3, 0.4) is 0 Å². The molecule has 10 heavy (non-hydrogen) atoms. The molecule has 0 amide bonds. The van der Waals surface area contributed by atoms with Crippen molar-refractivity contribution in [1.29, 1.82) is 0 Å². The van der Waals surface area contributed by atoms with Crippen LogP contribution < -0.4 is 5.73 Å². The van der Waals surface area contributed by atoms with E-state index in [-0.39, 0.29) is 15.7 Å². The van der Waals surface area contributed by atoms with Crippen molar-refractivity contribution >= 4 is 40.5 Å². The molecule has 1 nitrogen and oxygen atoms in total. The van der Waals surface area contributed by atoms with Crippen molar-refractivity contribution in [3.63, 3.8) is 0 Å². The molecular formula is C6H2Cl3N. The molecule has 0 saturated carbocycles. The van der Waals surface area contributed by atoms with E-state index in [0.717, 1.165) is 0 Å². The maximum absolute atomic E-state index is 9.01. The summed E-state index contributed by atoms with van der Waals surface area (Å²) in [6, 6.07) is 2.84. The van der Waals surface area contributed by atoms with Gasteiger partial charge in [-0.05, 0) is 12.1 Å². The summed E-state index contributed by atoms with van der Waals surface area (Å²) in [5.41, 5.74) is 8.88. The summed E-state index contributed by atoms with van der Waals surface area (Å²) < 4.78 is 0. The van der Waals surface area contributed by atoms with Crippen molar-refractivity contribution in [2.24, 2.45) is 0 Å². The van der Waals surface area contributed by atoms with Crippen LogP contribution in [0, 0.1) is 0 Å². The number of nitrogens with zero attached hydrogens (tertiary/aromatic N) is 1. The highest BCUT2D eigenvalue weighted by molar-refractivity contribution is 6.41. The Kier molecular flexibility index (Phi) is 2.29. The first-order valence-corrected chi connectivity index (χ1v) is 3.58. The highest BCUT2D eigenvalue weighted by atomic mass is 35.5. The van der Waals surface area contributed by atoms with Crippen molar-refractivity contribution in [1.82, 2.24) is 5.73 Å². The molecular weight excluding hydrogens is 192 g/mol. The van der Waals surface area contributed by atoms with Gasteiger partial charge in [0.2, 0.25) is 0 Å². The summed E-state index contributed by atoms with van der Waals surface area (Å²) in [5.74, 6) is 0. The fourth-order valence-corrected chi connectivity index (χ4v) is 1.35. The molecule has 0 aromatic heterocycles. The number of rotatable bonds is 0. The van der Waals surface area contributed by atoms with Crippen molar-refractivity contribution in [3.8, 4) is 0 Å². The molecule has 0 saturated heterocycles. The third-order valence-corrected chi connectivity index (χ3v) is 1.78. The van der Waals surface area contributed by atoms with Crippen molar-refractivity contribution in [2.75, 3.05) is 0 Å². The van der Waals surface area contributed by atoms with Gasteiger partial charge in [-0.25, -0.2) is 0 Å². The minimum absolute atomic E-state index is 0.132.